The lowest BCUT2D eigenvalue weighted by atomic mass is 9.77. The molecule has 1 N–H and O–H groups in total. The van der Waals surface area contributed by atoms with Crippen molar-refractivity contribution in [1.82, 2.24) is 9.80 Å². The number of amides is 4. The number of halogens is 1. The second kappa shape index (κ2) is 10.4. The highest BCUT2D eigenvalue weighted by Crippen LogP contribution is 2.39. The van der Waals surface area contributed by atoms with Crippen molar-refractivity contribution in [2.24, 2.45) is 5.92 Å². The molecule has 3 aliphatic rings. The average Bonchev–Trinajstić information content (AvgIpc) is 2.81. The molecule has 1 saturated heterocycles. The maximum Gasteiger partial charge on any atom is 0.327 e. The number of imide groups is 1. The molecular formula is C24H32ClN3O5. The fourth-order valence-electron chi connectivity index (χ4n) is 5.55. The van der Waals surface area contributed by atoms with Gasteiger partial charge >= 0.3 is 6.03 Å². The van der Waals surface area contributed by atoms with Crippen molar-refractivity contribution in [1.29, 1.82) is 0 Å². The van der Waals surface area contributed by atoms with Gasteiger partial charge in [0.1, 0.15) is 6.54 Å². The molecule has 2 aliphatic carbocycles. The molecule has 2 saturated carbocycles. The quantitative estimate of drug-likeness (QED) is 0.675. The lowest BCUT2D eigenvalue weighted by molar-refractivity contribution is -0.155. The van der Waals surface area contributed by atoms with Gasteiger partial charge in [0.05, 0.1) is 18.1 Å². The molecule has 4 amide bonds. The largest absolute Gasteiger partial charge is 0.379 e. The number of urea groups is 1. The maximum absolute atomic E-state index is 13.6. The SMILES string of the molecule is COC1CC2C(=O)N(C3CCCCC3)C(=O)N(CC(=O)Nc3cccc(Cl)c3)C2CC1OC. The van der Waals surface area contributed by atoms with E-state index in [2.05, 4.69) is 5.32 Å². The number of anilines is 1. The fraction of sp³-hybridized carbons (Fsp3) is 0.625. The first-order chi connectivity index (χ1) is 15.9. The Morgan fingerprint density at radius 2 is 1.79 bits per heavy atom. The van der Waals surface area contributed by atoms with Crippen LogP contribution in [0.25, 0.3) is 0 Å². The summed E-state index contributed by atoms with van der Waals surface area (Å²) in [4.78, 5) is 43.1. The number of ether oxygens (including phenoxy) is 2. The summed E-state index contributed by atoms with van der Waals surface area (Å²) in [6, 6.07) is 5.98. The summed E-state index contributed by atoms with van der Waals surface area (Å²) in [5, 5.41) is 3.33. The van der Waals surface area contributed by atoms with E-state index in [1.165, 1.54) is 4.90 Å². The Balaban J connectivity index is 1.59. The molecule has 4 rings (SSSR count). The van der Waals surface area contributed by atoms with Crippen LogP contribution in [-0.2, 0) is 19.1 Å². The van der Waals surface area contributed by atoms with Crippen LogP contribution in [0.5, 0.6) is 0 Å². The monoisotopic (exact) mass is 477 g/mol. The van der Waals surface area contributed by atoms with Gasteiger partial charge in [-0.15, -0.1) is 0 Å². The minimum Gasteiger partial charge on any atom is -0.379 e. The third-order valence-corrected chi connectivity index (χ3v) is 7.45. The van der Waals surface area contributed by atoms with Gasteiger partial charge in [0, 0.05) is 37.0 Å². The summed E-state index contributed by atoms with van der Waals surface area (Å²) in [6.07, 6.45) is 5.15. The van der Waals surface area contributed by atoms with Crippen molar-refractivity contribution >= 4 is 35.1 Å². The third kappa shape index (κ3) is 5.03. The molecule has 8 nitrogen and oxygen atoms in total. The minimum absolute atomic E-state index is 0.112. The highest BCUT2D eigenvalue weighted by Gasteiger charge is 2.53. The Morgan fingerprint density at radius 1 is 1.09 bits per heavy atom. The molecule has 0 spiro atoms. The zero-order valence-electron chi connectivity index (χ0n) is 19.2. The Hall–Kier alpha value is -2.16. The molecule has 0 bridgehead atoms. The normalized spacial score (nSPS) is 28.6. The molecule has 1 aromatic rings. The number of benzene rings is 1. The van der Waals surface area contributed by atoms with Crippen molar-refractivity contribution < 1.29 is 23.9 Å². The number of carbonyl (C=O) groups is 3. The lowest BCUT2D eigenvalue weighted by Crippen LogP contribution is -2.68. The van der Waals surface area contributed by atoms with Crippen molar-refractivity contribution in [3.8, 4) is 0 Å². The molecule has 0 radical (unpaired) electrons. The van der Waals surface area contributed by atoms with Crippen LogP contribution in [0.4, 0.5) is 10.5 Å². The number of nitrogens with zero attached hydrogens (tertiary/aromatic N) is 2. The number of carbonyl (C=O) groups excluding carboxylic acids is 3. The first-order valence-electron chi connectivity index (χ1n) is 11.7. The van der Waals surface area contributed by atoms with Gasteiger partial charge in [-0.1, -0.05) is 36.9 Å². The molecule has 4 atom stereocenters. The van der Waals surface area contributed by atoms with E-state index in [0.717, 1.165) is 32.1 Å². The lowest BCUT2D eigenvalue weighted by Gasteiger charge is -2.51. The van der Waals surface area contributed by atoms with Crippen LogP contribution in [0.1, 0.15) is 44.9 Å². The van der Waals surface area contributed by atoms with E-state index in [4.69, 9.17) is 21.1 Å². The standard InChI is InChI=1S/C24H32ClN3O5/c1-32-20-12-18-19(13-21(20)33-2)27(14-22(29)26-16-8-6-7-15(25)11-16)24(31)28(23(18)30)17-9-4-3-5-10-17/h6-8,11,17-21H,3-5,9-10,12-14H2,1-2H3,(H,26,29). The van der Waals surface area contributed by atoms with E-state index in [1.54, 1.807) is 43.4 Å². The van der Waals surface area contributed by atoms with E-state index in [0.29, 0.717) is 23.6 Å². The predicted octanol–water partition coefficient (Wildman–Crippen LogP) is 3.68. The van der Waals surface area contributed by atoms with Gasteiger partial charge in [-0.3, -0.25) is 14.5 Å². The van der Waals surface area contributed by atoms with Crippen molar-refractivity contribution in [3.63, 3.8) is 0 Å². The molecule has 180 valence electrons. The summed E-state index contributed by atoms with van der Waals surface area (Å²) in [5.41, 5.74) is 0.562. The molecular weight excluding hydrogens is 446 g/mol. The first kappa shape index (κ1) is 24.0. The van der Waals surface area contributed by atoms with E-state index < -0.39 is 12.0 Å². The van der Waals surface area contributed by atoms with Crippen LogP contribution in [0.2, 0.25) is 5.02 Å². The third-order valence-electron chi connectivity index (χ3n) is 7.21. The second-order valence-corrected chi connectivity index (χ2v) is 9.60. The second-order valence-electron chi connectivity index (χ2n) is 9.16. The molecule has 3 fully saturated rings. The zero-order valence-corrected chi connectivity index (χ0v) is 19.9. The van der Waals surface area contributed by atoms with Crippen LogP contribution in [0.15, 0.2) is 24.3 Å². The van der Waals surface area contributed by atoms with Gasteiger partial charge in [0.15, 0.2) is 0 Å². The first-order valence-corrected chi connectivity index (χ1v) is 12.1. The summed E-state index contributed by atoms with van der Waals surface area (Å²) in [5.74, 6) is -0.884. The number of methoxy groups -OCH3 is 2. The number of rotatable bonds is 6. The molecule has 1 heterocycles. The Kier molecular flexibility index (Phi) is 7.56. The van der Waals surface area contributed by atoms with Crippen LogP contribution in [0, 0.1) is 5.92 Å². The van der Waals surface area contributed by atoms with Crippen molar-refractivity contribution in [2.75, 3.05) is 26.1 Å². The molecule has 1 aromatic carbocycles. The van der Waals surface area contributed by atoms with E-state index in [9.17, 15) is 14.4 Å². The number of fused-ring (bicyclic) bond motifs is 1. The predicted molar refractivity (Wildman–Crippen MR) is 124 cm³/mol. The number of nitrogens with one attached hydrogen (secondary N) is 1. The molecule has 9 heteroatoms. The summed E-state index contributed by atoms with van der Waals surface area (Å²) < 4.78 is 11.2. The van der Waals surface area contributed by atoms with Gasteiger partial charge < -0.3 is 19.7 Å². The van der Waals surface area contributed by atoms with Crippen molar-refractivity contribution in [3.05, 3.63) is 29.3 Å². The highest BCUT2D eigenvalue weighted by atomic mass is 35.5. The zero-order chi connectivity index (χ0) is 23.5. The summed E-state index contributed by atoms with van der Waals surface area (Å²) >= 11 is 6.03. The number of hydrogen-bond acceptors (Lipinski definition) is 5. The van der Waals surface area contributed by atoms with E-state index in [-0.39, 0.29) is 42.6 Å². The topological polar surface area (TPSA) is 88.2 Å². The highest BCUT2D eigenvalue weighted by molar-refractivity contribution is 6.30. The van der Waals surface area contributed by atoms with Crippen molar-refractivity contribution in [2.45, 2.75) is 69.2 Å². The molecule has 0 aromatic heterocycles. The number of hydrogen-bond donors (Lipinski definition) is 1. The minimum atomic E-state index is -0.417. The van der Waals surface area contributed by atoms with Gasteiger partial charge in [-0.05, 0) is 43.9 Å². The van der Waals surface area contributed by atoms with E-state index in [1.807, 2.05) is 0 Å². The summed E-state index contributed by atoms with van der Waals surface area (Å²) in [6.45, 7) is -0.142. The smallest absolute Gasteiger partial charge is 0.327 e. The Morgan fingerprint density at radius 3 is 2.45 bits per heavy atom. The van der Waals surface area contributed by atoms with Gasteiger partial charge in [-0.25, -0.2) is 4.79 Å². The average molecular weight is 478 g/mol. The van der Waals surface area contributed by atoms with Crippen LogP contribution in [0.3, 0.4) is 0 Å². The van der Waals surface area contributed by atoms with E-state index >= 15 is 0 Å². The Bertz CT molecular complexity index is 891. The van der Waals surface area contributed by atoms with Crippen LogP contribution >= 0.6 is 11.6 Å². The van der Waals surface area contributed by atoms with Gasteiger partial charge in [-0.2, -0.15) is 0 Å². The maximum atomic E-state index is 13.6. The summed E-state index contributed by atoms with van der Waals surface area (Å²) in [7, 11) is 3.22. The molecule has 4 unspecified atom stereocenters. The fourth-order valence-corrected chi connectivity index (χ4v) is 5.74. The molecule has 33 heavy (non-hydrogen) atoms. The Labute approximate surface area is 199 Å². The van der Waals surface area contributed by atoms with Gasteiger partial charge in [0.2, 0.25) is 11.8 Å². The molecule has 1 aliphatic heterocycles. The van der Waals surface area contributed by atoms with Crippen LogP contribution in [-0.4, -0.2) is 72.7 Å². The van der Waals surface area contributed by atoms with Crippen LogP contribution < -0.4 is 5.32 Å². The van der Waals surface area contributed by atoms with Gasteiger partial charge in [0.25, 0.3) is 0 Å².